The van der Waals surface area contributed by atoms with Crippen molar-refractivity contribution < 1.29 is 13.2 Å². The fourth-order valence-electron chi connectivity index (χ4n) is 3.91. The van der Waals surface area contributed by atoms with Crippen molar-refractivity contribution in [1.82, 2.24) is 4.31 Å². The first-order valence-electron chi connectivity index (χ1n) is 10.6. The number of para-hydroxylation sites is 1. The molecule has 0 N–H and O–H groups in total. The molecule has 1 amide bonds. The average molecular weight is 429 g/mol. The van der Waals surface area contributed by atoms with Crippen LogP contribution in [0, 0.1) is 5.92 Å². The molecule has 0 aromatic heterocycles. The topological polar surface area (TPSA) is 57.7 Å². The molecule has 0 spiro atoms. The van der Waals surface area contributed by atoms with Crippen molar-refractivity contribution in [2.45, 2.75) is 50.8 Å². The molecular weight excluding hydrogens is 396 g/mol. The first-order chi connectivity index (χ1) is 14.1. The Balaban J connectivity index is 1.67. The van der Waals surface area contributed by atoms with Gasteiger partial charge in [0.1, 0.15) is 0 Å². The molecule has 5 nitrogen and oxygen atoms in total. The summed E-state index contributed by atoms with van der Waals surface area (Å²) < 4.78 is 27.6. The highest BCUT2D eigenvalue weighted by Crippen LogP contribution is 2.28. The minimum absolute atomic E-state index is 0.0229. The van der Waals surface area contributed by atoms with Crippen LogP contribution < -0.4 is 4.90 Å². The van der Waals surface area contributed by atoms with Gasteiger partial charge in [-0.15, -0.1) is 0 Å². The van der Waals surface area contributed by atoms with Gasteiger partial charge < -0.3 is 4.90 Å². The summed E-state index contributed by atoms with van der Waals surface area (Å²) in [6, 6.07) is 16.8. The van der Waals surface area contributed by atoms with Crippen LogP contribution in [0.3, 0.4) is 0 Å². The summed E-state index contributed by atoms with van der Waals surface area (Å²) in [7, 11) is -3.54. The van der Waals surface area contributed by atoms with Gasteiger partial charge in [0.25, 0.3) is 0 Å². The summed E-state index contributed by atoms with van der Waals surface area (Å²) in [6.45, 7) is 9.61. The Kier molecular flexibility index (Phi) is 6.68. The van der Waals surface area contributed by atoms with Crippen LogP contribution in [0.5, 0.6) is 0 Å². The van der Waals surface area contributed by atoms with E-state index in [0.717, 1.165) is 11.3 Å². The summed E-state index contributed by atoms with van der Waals surface area (Å²) >= 11 is 0. The molecule has 1 heterocycles. The van der Waals surface area contributed by atoms with Crippen LogP contribution >= 0.6 is 0 Å². The number of hydrogen-bond acceptors (Lipinski definition) is 3. The molecule has 30 heavy (non-hydrogen) atoms. The SMILES string of the molecule is CCN(C(=O)C1CCN(S(=O)(=O)c2ccc(C(C)(C)C)cc2)CC1)c1ccccc1. The Hall–Kier alpha value is -2.18. The van der Waals surface area contributed by atoms with Gasteiger partial charge in [-0.1, -0.05) is 51.1 Å². The zero-order valence-corrected chi connectivity index (χ0v) is 19.2. The molecule has 0 aliphatic carbocycles. The fourth-order valence-corrected chi connectivity index (χ4v) is 5.38. The predicted octanol–water partition coefficient (Wildman–Crippen LogP) is 4.44. The molecule has 1 aliphatic heterocycles. The second-order valence-corrected chi connectivity index (χ2v) is 10.8. The van der Waals surface area contributed by atoms with E-state index >= 15 is 0 Å². The van der Waals surface area contributed by atoms with E-state index in [0.29, 0.717) is 37.4 Å². The molecule has 6 heteroatoms. The molecule has 0 radical (unpaired) electrons. The molecule has 162 valence electrons. The molecule has 2 aromatic carbocycles. The van der Waals surface area contributed by atoms with Crippen molar-refractivity contribution >= 4 is 21.6 Å². The second kappa shape index (κ2) is 8.90. The fraction of sp³-hybridized carbons (Fsp3) is 0.458. The van der Waals surface area contributed by atoms with Crippen LogP contribution in [-0.4, -0.2) is 38.3 Å². The third kappa shape index (κ3) is 4.76. The number of benzene rings is 2. The van der Waals surface area contributed by atoms with Crippen LogP contribution in [0.4, 0.5) is 5.69 Å². The van der Waals surface area contributed by atoms with E-state index in [1.807, 2.05) is 49.4 Å². The molecule has 0 unspecified atom stereocenters. The molecule has 2 aromatic rings. The molecular formula is C24H32N2O3S. The smallest absolute Gasteiger partial charge is 0.243 e. The zero-order valence-electron chi connectivity index (χ0n) is 18.3. The predicted molar refractivity (Wildman–Crippen MR) is 121 cm³/mol. The highest BCUT2D eigenvalue weighted by atomic mass is 32.2. The number of carbonyl (C=O) groups excluding carboxylic acids is 1. The summed E-state index contributed by atoms with van der Waals surface area (Å²) in [5.74, 6) is -0.0739. The lowest BCUT2D eigenvalue weighted by molar-refractivity contribution is -0.123. The normalized spacial score (nSPS) is 16.4. The summed E-state index contributed by atoms with van der Waals surface area (Å²) in [5, 5.41) is 0. The van der Waals surface area contributed by atoms with E-state index in [-0.39, 0.29) is 17.2 Å². The van der Waals surface area contributed by atoms with Gasteiger partial charge in [0, 0.05) is 31.2 Å². The number of sulfonamides is 1. The number of piperidine rings is 1. The van der Waals surface area contributed by atoms with Crippen molar-refractivity contribution in [1.29, 1.82) is 0 Å². The van der Waals surface area contributed by atoms with Crippen molar-refractivity contribution in [3.63, 3.8) is 0 Å². The van der Waals surface area contributed by atoms with E-state index in [9.17, 15) is 13.2 Å². The lowest BCUT2D eigenvalue weighted by Crippen LogP contribution is -2.44. The van der Waals surface area contributed by atoms with E-state index in [2.05, 4.69) is 20.8 Å². The van der Waals surface area contributed by atoms with E-state index < -0.39 is 10.0 Å². The highest BCUT2D eigenvalue weighted by Gasteiger charge is 2.34. The van der Waals surface area contributed by atoms with E-state index in [1.165, 1.54) is 4.31 Å². The van der Waals surface area contributed by atoms with Gasteiger partial charge >= 0.3 is 0 Å². The Morgan fingerprint density at radius 1 is 1.00 bits per heavy atom. The largest absolute Gasteiger partial charge is 0.312 e. The molecule has 1 aliphatic rings. The van der Waals surface area contributed by atoms with Gasteiger partial charge in [-0.2, -0.15) is 4.31 Å². The van der Waals surface area contributed by atoms with Crippen LogP contribution in [0.15, 0.2) is 59.5 Å². The minimum Gasteiger partial charge on any atom is -0.312 e. The molecule has 3 rings (SSSR count). The monoisotopic (exact) mass is 428 g/mol. The van der Waals surface area contributed by atoms with E-state index in [1.54, 1.807) is 17.0 Å². The van der Waals surface area contributed by atoms with Crippen LogP contribution in [0.25, 0.3) is 0 Å². The number of rotatable bonds is 5. The molecule has 0 saturated carbocycles. The number of amides is 1. The summed E-state index contributed by atoms with van der Waals surface area (Å²) in [4.78, 5) is 15.2. The Bertz CT molecular complexity index is 956. The number of nitrogens with zero attached hydrogens (tertiary/aromatic N) is 2. The van der Waals surface area contributed by atoms with Crippen molar-refractivity contribution in [3.05, 3.63) is 60.2 Å². The maximum absolute atomic E-state index is 13.1. The summed E-state index contributed by atoms with van der Waals surface area (Å²) in [6.07, 6.45) is 1.09. The molecule has 0 atom stereocenters. The lowest BCUT2D eigenvalue weighted by atomic mass is 9.87. The maximum Gasteiger partial charge on any atom is 0.243 e. The Morgan fingerprint density at radius 3 is 2.07 bits per heavy atom. The van der Waals surface area contributed by atoms with Crippen LogP contribution in [0.2, 0.25) is 0 Å². The molecule has 1 fully saturated rings. The average Bonchev–Trinajstić information content (AvgIpc) is 2.74. The van der Waals surface area contributed by atoms with E-state index in [4.69, 9.17) is 0 Å². The first kappa shape index (κ1) is 22.5. The molecule has 1 saturated heterocycles. The van der Waals surface area contributed by atoms with Gasteiger partial charge in [0.2, 0.25) is 15.9 Å². The van der Waals surface area contributed by atoms with Crippen LogP contribution in [0.1, 0.15) is 46.1 Å². The van der Waals surface area contributed by atoms with Gasteiger partial charge in [0.05, 0.1) is 4.90 Å². The Labute approximate surface area is 180 Å². The number of anilines is 1. The standard InChI is InChI=1S/C24H32N2O3S/c1-5-26(21-9-7-6-8-10-21)23(27)19-15-17-25(18-16-19)30(28,29)22-13-11-20(12-14-22)24(2,3)4/h6-14,19H,5,15-18H2,1-4H3. The van der Waals surface area contributed by atoms with Crippen LogP contribution in [-0.2, 0) is 20.2 Å². The quantitative estimate of drug-likeness (QED) is 0.707. The van der Waals surface area contributed by atoms with Crippen molar-refractivity contribution in [3.8, 4) is 0 Å². The third-order valence-corrected chi connectivity index (χ3v) is 7.72. The van der Waals surface area contributed by atoms with Crippen molar-refractivity contribution in [2.24, 2.45) is 5.92 Å². The summed E-state index contributed by atoms with van der Waals surface area (Å²) in [5.41, 5.74) is 1.97. The zero-order chi connectivity index (χ0) is 21.9. The number of carbonyl (C=O) groups is 1. The minimum atomic E-state index is -3.54. The number of hydrogen-bond donors (Lipinski definition) is 0. The second-order valence-electron chi connectivity index (χ2n) is 8.87. The lowest BCUT2D eigenvalue weighted by Gasteiger charge is -2.33. The molecule has 0 bridgehead atoms. The van der Waals surface area contributed by atoms with Gasteiger partial charge in [-0.25, -0.2) is 8.42 Å². The Morgan fingerprint density at radius 2 is 1.57 bits per heavy atom. The first-order valence-corrected chi connectivity index (χ1v) is 12.1. The maximum atomic E-state index is 13.1. The van der Waals surface area contributed by atoms with Gasteiger partial charge in [-0.05, 0) is 55.0 Å². The highest BCUT2D eigenvalue weighted by molar-refractivity contribution is 7.89. The van der Waals surface area contributed by atoms with Gasteiger partial charge in [0.15, 0.2) is 0 Å². The third-order valence-electron chi connectivity index (χ3n) is 5.81. The van der Waals surface area contributed by atoms with Crippen molar-refractivity contribution in [2.75, 3.05) is 24.5 Å². The van der Waals surface area contributed by atoms with Gasteiger partial charge in [-0.3, -0.25) is 4.79 Å².